The van der Waals surface area contributed by atoms with Gasteiger partial charge in [0, 0.05) is 13.1 Å². The number of benzene rings is 2. The van der Waals surface area contributed by atoms with Crippen LogP contribution in [0.15, 0.2) is 54.6 Å². The fourth-order valence-corrected chi connectivity index (χ4v) is 2.37. The zero-order valence-corrected chi connectivity index (χ0v) is 14.1. The quantitative estimate of drug-likeness (QED) is 0.763. The van der Waals surface area contributed by atoms with Crippen molar-refractivity contribution >= 4 is 6.03 Å². The largest absolute Gasteiger partial charge is 0.508 e. The zero-order chi connectivity index (χ0) is 17.6. The van der Waals surface area contributed by atoms with Crippen molar-refractivity contribution in [2.24, 2.45) is 0 Å². The Morgan fingerprint density at radius 2 is 1.67 bits per heavy atom. The second kappa shape index (κ2) is 7.84. The molecule has 128 valence electrons. The highest BCUT2D eigenvalue weighted by Gasteiger charge is 2.22. The van der Waals surface area contributed by atoms with E-state index in [-0.39, 0.29) is 18.3 Å². The minimum atomic E-state index is -0.981. The van der Waals surface area contributed by atoms with Crippen LogP contribution in [0.5, 0.6) is 5.75 Å². The molecule has 0 saturated heterocycles. The molecule has 2 amide bonds. The third kappa shape index (κ3) is 5.93. The highest BCUT2D eigenvalue weighted by molar-refractivity contribution is 5.74. The van der Waals surface area contributed by atoms with Crippen molar-refractivity contribution in [2.75, 3.05) is 6.54 Å². The number of carbonyl (C=O) groups is 1. The molecule has 0 atom stereocenters. The van der Waals surface area contributed by atoms with Gasteiger partial charge in [0.05, 0.1) is 12.1 Å². The molecule has 0 radical (unpaired) electrons. The number of phenols is 1. The maximum atomic E-state index is 12.5. The molecule has 5 nitrogen and oxygen atoms in total. The second-order valence-corrected chi connectivity index (χ2v) is 6.48. The molecule has 0 aliphatic carbocycles. The van der Waals surface area contributed by atoms with Gasteiger partial charge in [-0.25, -0.2) is 4.79 Å². The first-order valence-corrected chi connectivity index (χ1v) is 7.90. The Kier molecular flexibility index (Phi) is 5.82. The van der Waals surface area contributed by atoms with Gasteiger partial charge in [-0.15, -0.1) is 0 Å². The van der Waals surface area contributed by atoms with Gasteiger partial charge in [-0.05, 0) is 37.1 Å². The van der Waals surface area contributed by atoms with Crippen LogP contribution in [0.2, 0.25) is 0 Å². The second-order valence-electron chi connectivity index (χ2n) is 6.48. The number of aromatic hydroxyl groups is 1. The number of hydrogen-bond donors (Lipinski definition) is 3. The first kappa shape index (κ1) is 17.8. The van der Waals surface area contributed by atoms with E-state index in [0.717, 1.165) is 11.1 Å². The van der Waals surface area contributed by atoms with Crippen LogP contribution < -0.4 is 5.32 Å². The fraction of sp³-hybridized carbons (Fsp3) is 0.316. The van der Waals surface area contributed by atoms with Gasteiger partial charge in [0.25, 0.3) is 0 Å². The number of aliphatic hydroxyl groups is 1. The molecule has 3 N–H and O–H groups in total. The van der Waals surface area contributed by atoms with Crippen molar-refractivity contribution in [3.05, 3.63) is 65.7 Å². The molecule has 0 aliphatic heterocycles. The van der Waals surface area contributed by atoms with Crippen LogP contribution in [0.1, 0.15) is 25.0 Å². The van der Waals surface area contributed by atoms with E-state index in [1.54, 1.807) is 43.0 Å². The number of carbonyl (C=O) groups excluding carboxylic acids is 1. The molecular weight excluding hydrogens is 304 g/mol. The van der Waals surface area contributed by atoms with E-state index in [1.165, 1.54) is 0 Å². The van der Waals surface area contributed by atoms with Crippen LogP contribution >= 0.6 is 0 Å². The van der Waals surface area contributed by atoms with Crippen LogP contribution in [0, 0.1) is 0 Å². The normalized spacial score (nSPS) is 11.1. The highest BCUT2D eigenvalue weighted by Crippen LogP contribution is 2.12. The van der Waals surface area contributed by atoms with Crippen LogP contribution in [0.4, 0.5) is 4.79 Å². The van der Waals surface area contributed by atoms with E-state index in [0.29, 0.717) is 13.1 Å². The third-order valence-electron chi connectivity index (χ3n) is 3.46. The molecule has 0 aromatic heterocycles. The number of phenolic OH excluding ortho intramolecular Hbond substituents is 1. The standard InChI is InChI=1S/C19H24N2O3/c1-19(2,24)14-21(13-16-6-4-3-5-7-16)18(23)20-12-15-8-10-17(22)11-9-15/h3-11,22,24H,12-14H2,1-2H3,(H,20,23). The maximum absolute atomic E-state index is 12.5. The number of urea groups is 1. The Morgan fingerprint density at radius 3 is 2.25 bits per heavy atom. The Labute approximate surface area is 142 Å². The molecule has 24 heavy (non-hydrogen) atoms. The summed E-state index contributed by atoms with van der Waals surface area (Å²) in [6.07, 6.45) is 0. The van der Waals surface area contributed by atoms with Crippen molar-refractivity contribution in [2.45, 2.75) is 32.5 Å². The molecule has 5 heteroatoms. The summed E-state index contributed by atoms with van der Waals surface area (Å²) in [5, 5.41) is 22.2. The molecule has 0 fully saturated rings. The van der Waals surface area contributed by atoms with Crippen molar-refractivity contribution in [1.82, 2.24) is 10.2 Å². The van der Waals surface area contributed by atoms with Crippen LogP contribution in [0.25, 0.3) is 0 Å². The Hall–Kier alpha value is -2.53. The summed E-state index contributed by atoms with van der Waals surface area (Å²) in [7, 11) is 0. The topological polar surface area (TPSA) is 72.8 Å². The average Bonchev–Trinajstić information content (AvgIpc) is 2.53. The average molecular weight is 328 g/mol. The summed E-state index contributed by atoms with van der Waals surface area (Å²) >= 11 is 0. The van der Waals surface area contributed by atoms with Crippen molar-refractivity contribution < 1.29 is 15.0 Å². The van der Waals surface area contributed by atoms with Crippen LogP contribution in [-0.4, -0.2) is 33.3 Å². The minimum absolute atomic E-state index is 0.192. The number of hydrogen-bond acceptors (Lipinski definition) is 3. The maximum Gasteiger partial charge on any atom is 0.318 e. The van der Waals surface area contributed by atoms with Crippen LogP contribution in [-0.2, 0) is 13.1 Å². The fourth-order valence-electron chi connectivity index (χ4n) is 2.37. The van der Waals surface area contributed by atoms with E-state index < -0.39 is 5.60 Å². The van der Waals surface area contributed by atoms with E-state index in [9.17, 15) is 15.0 Å². The van der Waals surface area contributed by atoms with Gasteiger partial charge in [0.15, 0.2) is 0 Å². The zero-order valence-electron chi connectivity index (χ0n) is 14.1. The van der Waals surface area contributed by atoms with Gasteiger partial charge in [0.1, 0.15) is 5.75 Å². The summed E-state index contributed by atoms with van der Waals surface area (Å²) in [4.78, 5) is 14.1. The summed E-state index contributed by atoms with van der Waals surface area (Å²) in [6, 6.07) is 16.1. The molecule has 0 spiro atoms. The van der Waals surface area contributed by atoms with Crippen LogP contribution in [0.3, 0.4) is 0 Å². The smallest absolute Gasteiger partial charge is 0.318 e. The predicted octanol–water partition coefficient (Wildman–Crippen LogP) is 2.87. The number of nitrogens with one attached hydrogen (secondary N) is 1. The lowest BCUT2D eigenvalue weighted by Crippen LogP contribution is -2.46. The minimum Gasteiger partial charge on any atom is -0.508 e. The molecule has 0 heterocycles. The monoisotopic (exact) mass is 328 g/mol. The van der Waals surface area contributed by atoms with Crippen molar-refractivity contribution in [3.63, 3.8) is 0 Å². The lowest BCUT2D eigenvalue weighted by atomic mass is 10.1. The predicted molar refractivity (Wildman–Crippen MR) is 93.5 cm³/mol. The van der Waals surface area contributed by atoms with E-state index >= 15 is 0 Å². The van der Waals surface area contributed by atoms with Crippen molar-refractivity contribution in [3.8, 4) is 5.75 Å². The SMILES string of the molecule is CC(C)(O)CN(Cc1ccccc1)C(=O)NCc1ccc(O)cc1. The molecule has 0 bridgehead atoms. The number of rotatable bonds is 6. The Bertz CT molecular complexity index is 649. The lowest BCUT2D eigenvalue weighted by Gasteiger charge is -2.29. The number of amides is 2. The first-order valence-electron chi connectivity index (χ1n) is 7.90. The van der Waals surface area contributed by atoms with Gasteiger partial charge in [-0.2, -0.15) is 0 Å². The van der Waals surface area contributed by atoms with Crippen molar-refractivity contribution in [1.29, 1.82) is 0 Å². The summed E-state index contributed by atoms with van der Waals surface area (Å²) in [6.45, 7) is 4.36. The number of nitrogens with zero attached hydrogens (tertiary/aromatic N) is 1. The Morgan fingerprint density at radius 1 is 1.04 bits per heavy atom. The van der Waals surface area contributed by atoms with Gasteiger partial charge in [-0.1, -0.05) is 42.5 Å². The molecule has 2 aromatic rings. The molecule has 0 unspecified atom stereocenters. The molecule has 0 saturated carbocycles. The van der Waals surface area contributed by atoms with Gasteiger partial charge < -0.3 is 20.4 Å². The van der Waals surface area contributed by atoms with E-state index in [2.05, 4.69) is 5.32 Å². The van der Waals surface area contributed by atoms with E-state index in [4.69, 9.17) is 0 Å². The molecule has 2 rings (SSSR count). The summed E-state index contributed by atoms with van der Waals surface area (Å²) in [5.74, 6) is 0.192. The van der Waals surface area contributed by atoms with Gasteiger partial charge in [0.2, 0.25) is 0 Å². The molecular formula is C19H24N2O3. The highest BCUT2D eigenvalue weighted by atomic mass is 16.3. The third-order valence-corrected chi connectivity index (χ3v) is 3.46. The van der Waals surface area contributed by atoms with Gasteiger partial charge in [-0.3, -0.25) is 0 Å². The summed E-state index contributed by atoms with van der Waals surface area (Å²) in [5.41, 5.74) is 0.913. The van der Waals surface area contributed by atoms with Gasteiger partial charge >= 0.3 is 6.03 Å². The van der Waals surface area contributed by atoms with E-state index in [1.807, 2.05) is 30.3 Å². The molecule has 2 aromatic carbocycles. The first-order chi connectivity index (χ1) is 11.3. The lowest BCUT2D eigenvalue weighted by molar-refractivity contribution is 0.0446. The Balaban J connectivity index is 2.02. The summed E-state index contributed by atoms with van der Waals surface area (Å²) < 4.78 is 0. The molecule has 0 aliphatic rings.